The fraction of sp³-hybridized carbons (Fsp3) is 0.500. The summed E-state index contributed by atoms with van der Waals surface area (Å²) < 4.78 is 6.72. The highest BCUT2D eigenvalue weighted by Gasteiger charge is 2.52. The van der Waals surface area contributed by atoms with Crippen LogP contribution in [0.25, 0.3) is 0 Å². The number of Topliss-reactive ketones (excluding diaryl/α,β-unsaturated/α-hetero) is 1. The summed E-state index contributed by atoms with van der Waals surface area (Å²) in [5.74, 6) is 0.206. The number of aromatic nitrogens is 3. The minimum atomic E-state index is -0.521. The molecule has 2 saturated carbocycles. The first-order valence-corrected chi connectivity index (χ1v) is 14.0. The number of fused-ring (bicyclic) bond motifs is 1. The monoisotopic (exact) mass is 542 g/mol. The lowest BCUT2D eigenvalue weighted by atomic mass is 9.47. The number of ketones is 1. The van der Waals surface area contributed by atoms with Gasteiger partial charge in [0.1, 0.15) is 25.1 Å². The summed E-state index contributed by atoms with van der Waals surface area (Å²) in [6.45, 7) is 11.4. The highest BCUT2D eigenvalue weighted by molar-refractivity contribution is 5.95. The minimum Gasteiger partial charge on any atom is -0.459 e. The van der Waals surface area contributed by atoms with Gasteiger partial charge in [-0.15, -0.1) is 5.10 Å². The first-order valence-electron chi connectivity index (χ1n) is 14.0. The lowest BCUT2D eigenvalue weighted by Gasteiger charge is -2.58. The second kappa shape index (κ2) is 12.1. The van der Waals surface area contributed by atoms with Crippen LogP contribution in [0.2, 0.25) is 0 Å². The number of allylic oxidation sites excluding steroid dienone is 2. The number of benzene rings is 1. The molecule has 0 N–H and O–H groups in total. The average Bonchev–Trinajstić information content (AvgIpc) is 3.37. The molecule has 1 aromatic carbocycles. The van der Waals surface area contributed by atoms with E-state index in [0.29, 0.717) is 46.1 Å². The van der Waals surface area contributed by atoms with Crippen LogP contribution in [0.15, 0.2) is 54.3 Å². The lowest BCUT2D eigenvalue weighted by molar-refractivity contribution is -0.144. The number of nitriles is 1. The molecule has 2 aliphatic carbocycles. The van der Waals surface area contributed by atoms with Crippen LogP contribution in [0.1, 0.15) is 87.3 Å². The van der Waals surface area contributed by atoms with Gasteiger partial charge in [-0.05, 0) is 72.5 Å². The molecule has 210 valence electrons. The van der Waals surface area contributed by atoms with Crippen LogP contribution in [0.5, 0.6) is 0 Å². The van der Waals surface area contributed by atoms with Crippen molar-refractivity contribution in [2.75, 3.05) is 0 Å². The fourth-order valence-corrected chi connectivity index (χ4v) is 6.96. The molecule has 0 radical (unpaired) electrons. The third-order valence-corrected chi connectivity index (χ3v) is 9.04. The van der Waals surface area contributed by atoms with Gasteiger partial charge in [0.05, 0.1) is 24.3 Å². The molecule has 0 bridgehead atoms. The molecule has 1 unspecified atom stereocenters. The molecule has 0 saturated heterocycles. The van der Waals surface area contributed by atoms with Gasteiger partial charge in [0.2, 0.25) is 0 Å². The Hall–Kier alpha value is -3.86. The summed E-state index contributed by atoms with van der Waals surface area (Å²) in [4.78, 5) is 36.8. The smallest absolute Gasteiger partial charge is 0.310 e. The molecule has 2 aromatic rings. The number of hydrogen-bond acceptors (Lipinski definition) is 7. The summed E-state index contributed by atoms with van der Waals surface area (Å²) in [6, 6.07) is 8.37. The first-order chi connectivity index (χ1) is 19.1. The van der Waals surface area contributed by atoms with Gasteiger partial charge in [0.15, 0.2) is 5.78 Å². The highest BCUT2D eigenvalue weighted by Crippen LogP contribution is 2.61. The lowest BCUT2D eigenvalue weighted by Crippen LogP contribution is -2.49. The summed E-state index contributed by atoms with van der Waals surface area (Å²) in [7, 11) is 0. The number of nitrogens with zero attached hydrogens (tertiary/aromatic N) is 4. The largest absolute Gasteiger partial charge is 0.459 e. The van der Waals surface area contributed by atoms with Gasteiger partial charge in [0.25, 0.3) is 0 Å². The number of rotatable bonds is 10. The van der Waals surface area contributed by atoms with Crippen LogP contribution in [-0.4, -0.2) is 33.0 Å². The van der Waals surface area contributed by atoms with Gasteiger partial charge in [-0.2, -0.15) is 5.26 Å². The van der Waals surface area contributed by atoms with E-state index in [-0.39, 0.29) is 30.8 Å². The molecule has 3 atom stereocenters. The maximum Gasteiger partial charge on any atom is 0.310 e. The quantitative estimate of drug-likeness (QED) is 0.123. The predicted octanol–water partition coefficient (Wildman–Crippen LogP) is 5.78. The van der Waals surface area contributed by atoms with E-state index in [2.05, 4.69) is 37.7 Å². The number of carbonyl (C=O) groups excluding carboxylic acids is 3. The third-order valence-electron chi connectivity index (χ3n) is 9.04. The van der Waals surface area contributed by atoms with Crippen molar-refractivity contribution in [2.45, 2.75) is 78.9 Å². The Kier molecular flexibility index (Phi) is 8.82. The average molecular weight is 543 g/mol. The number of carbonyl (C=O) groups is 3. The van der Waals surface area contributed by atoms with E-state index in [1.54, 1.807) is 30.5 Å². The third kappa shape index (κ3) is 6.47. The number of aldehydes is 1. The van der Waals surface area contributed by atoms with Crippen molar-refractivity contribution in [1.29, 1.82) is 5.26 Å². The van der Waals surface area contributed by atoms with E-state index in [0.717, 1.165) is 19.1 Å². The molecule has 40 heavy (non-hydrogen) atoms. The molecule has 4 rings (SSSR count). The van der Waals surface area contributed by atoms with Crippen LogP contribution in [-0.2, 0) is 27.5 Å². The SMILES string of the molecule is C=C1CC[C@H]2C(C)(C)CCC[C@]2(C)C1C/C=C(/C=O)CC(=O)OCc1cn(CC(=O)c2ccc(C#N)cc2)nn1. The first kappa shape index (κ1) is 29.1. The molecule has 0 spiro atoms. The van der Waals surface area contributed by atoms with Crippen LogP contribution >= 0.6 is 0 Å². The van der Waals surface area contributed by atoms with Gasteiger partial charge in [-0.3, -0.25) is 14.4 Å². The Labute approximate surface area is 236 Å². The van der Waals surface area contributed by atoms with Crippen molar-refractivity contribution < 1.29 is 19.1 Å². The Bertz CT molecular complexity index is 1350. The van der Waals surface area contributed by atoms with Crippen molar-refractivity contribution in [3.8, 4) is 6.07 Å². The van der Waals surface area contributed by atoms with E-state index < -0.39 is 5.97 Å². The molecule has 0 amide bonds. The normalized spacial score (nSPS) is 24.1. The maximum atomic E-state index is 12.5. The Morgan fingerprint density at radius 2 is 1.98 bits per heavy atom. The molecular formula is C32H38N4O4. The van der Waals surface area contributed by atoms with E-state index in [1.165, 1.54) is 29.5 Å². The second-order valence-corrected chi connectivity index (χ2v) is 12.1. The van der Waals surface area contributed by atoms with Crippen molar-refractivity contribution in [1.82, 2.24) is 15.0 Å². The summed E-state index contributed by atoms with van der Waals surface area (Å²) in [5, 5.41) is 16.8. The number of hydrogen-bond donors (Lipinski definition) is 0. The van der Waals surface area contributed by atoms with Crippen LogP contribution in [0, 0.1) is 34.0 Å². The molecule has 8 nitrogen and oxygen atoms in total. The van der Waals surface area contributed by atoms with Crippen molar-refractivity contribution in [3.05, 3.63) is 71.1 Å². The Balaban J connectivity index is 1.30. The van der Waals surface area contributed by atoms with Gasteiger partial charge in [0, 0.05) is 5.56 Å². The van der Waals surface area contributed by atoms with Crippen LogP contribution in [0.3, 0.4) is 0 Å². The van der Waals surface area contributed by atoms with E-state index in [4.69, 9.17) is 10.00 Å². The summed E-state index contributed by atoms with van der Waals surface area (Å²) in [5.41, 5.74) is 3.45. The zero-order valence-corrected chi connectivity index (χ0v) is 23.7. The molecule has 2 fully saturated rings. The van der Waals surface area contributed by atoms with E-state index >= 15 is 0 Å². The zero-order valence-electron chi connectivity index (χ0n) is 23.7. The Morgan fingerprint density at radius 3 is 2.67 bits per heavy atom. The van der Waals surface area contributed by atoms with Crippen molar-refractivity contribution in [3.63, 3.8) is 0 Å². The summed E-state index contributed by atoms with van der Waals surface area (Å²) >= 11 is 0. The van der Waals surface area contributed by atoms with E-state index in [1.807, 2.05) is 12.1 Å². The molecule has 0 aliphatic heterocycles. The topological polar surface area (TPSA) is 115 Å². The molecular weight excluding hydrogens is 504 g/mol. The minimum absolute atomic E-state index is 0.0334. The standard InChI is InChI=1S/C32H38N4O4/c1-22-6-13-29-31(2,3)14-5-15-32(29,4)27(22)12-9-24(20-37)16-30(39)40-21-26-18-36(35-34-26)19-28(38)25-10-7-23(17-33)8-11-25/h7-11,18,20,27,29H,1,5-6,12-16,19,21H2,2-4H3/b24-9+/t27?,29-,32+/m0/s1. The number of ether oxygens (including phenoxy) is 1. The zero-order chi connectivity index (χ0) is 28.9. The van der Waals surface area contributed by atoms with Gasteiger partial charge < -0.3 is 4.74 Å². The van der Waals surface area contributed by atoms with E-state index in [9.17, 15) is 14.4 Å². The molecule has 8 heteroatoms. The molecule has 2 aliphatic rings. The van der Waals surface area contributed by atoms with Gasteiger partial charge in [-0.25, -0.2) is 4.68 Å². The van der Waals surface area contributed by atoms with Crippen molar-refractivity contribution in [2.24, 2.45) is 22.7 Å². The van der Waals surface area contributed by atoms with Gasteiger partial charge in [-0.1, -0.05) is 62.8 Å². The second-order valence-electron chi connectivity index (χ2n) is 12.1. The van der Waals surface area contributed by atoms with Gasteiger partial charge >= 0.3 is 5.97 Å². The maximum absolute atomic E-state index is 12.5. The van der Waals surface area contributed by atoms with Crippen LogP contribution < -0.4 is 0 Å². The molecule has 1 aromatic heterocycles. The number of esters is 1. The molecule has 1 heterocycles. The Morgan fingerprint density at radius 1 is 1.23 bits per heavy atom. The predicted molar refractivity (Wildman–Crippen MR) is 150 cm³/mol. The van der Waals surface area contributed by atoms with Crippen molar-refractivity contribution >= 4 is 18.0 Å². The van der Waals surface area contributed by atoms with Crippen LogP contribution in [0.4, 0.5) is 0 Å². The highest BCUT2D eigenvalue weighted by atomic mass is 16.5. The summed E-state index contributed by atoms with van der Waals surface area (Å²) in [6.07, 6.45) is 10.6. The fourth-order valence-electron chi connectivity index (χ4n) is 6.96.